The van der Waals surface area contributed by atoms with Crippen LogP contribution in [0.2, 0.25) is 0 Å². The Hall–Kier alpha value is -1.78. The number of anilines is 1. The fourth-order valence-electron chi connectivity index (χ4n) is 2.66. The summed E-state index contributed by atoms with van der Waals surface area (Å²) in [5.74, 6) is -0.0332. The molecule has 0 spiro atoms. The summed E-state index contributed by atoms with van der Waals surface area (Å²) in [4.78, 5) is 31.5. The Balaban J connectivity index is 1.69. The molecular formula is C10H12N5O6P. The maximum atomic E-state index is 11.8. The first-order valence-electron chi connectivity index (χ1n) is 6.46. The topological polar surface area (TPSA) is 155 Å². The second kappa shape index (κ2) is 4.61. The third kappa shape index (κ3) is 2.14. The molecule has 4 heterocycles. The number of nitrogens with two attached hydrogens (primary N) is 1. The molecule has 0 radical (unpaired) electrons. The number of fused-ring (bicyclic) bond motifs is 2. The lowest BCUT2D eigenvalue weighted by molar-refractivity contribution is -0.0661. The molecular weight excluding hydrogens is 317 g/mol. The van der Waals surface area contributed by atoms with Crippen LogP contribution in [-0.4, -0.2) is 43.2 Å². The van der Waals surface area contributed by atoms with Gasteiger partial charge in [0.1, 0.15) is 18.4 Å². The summed E-state index contributed by atoms with van der Waals surface area (Å²) in [7, 11) is -4.02. The van der Waals surface area contributed by atoms with Crippen LogP contribution in [0.4, 0.5) is 5.95 Å². The fourth-order valence-corrected chi connectivity index (χ4v) is 3.62. The van der Waals surface area contributed by atoms with Crippen molar-refractivity contribution >= 4 is 24.9 Å². The molecule has 2 aromatic rings. The van der Waals surface area contributed by atoms with Crippen molar-refractivity contribution in [3.8, 4) is 0 Å². The Bertz CT molecular complexity index is 848. The fraction of sp³-hybridized carbons (Fsp3) is 0.500. The molecule has 12 heteroatoms. The number of aromatic nitrogens is 4. The molecule has 0 aliphatic carbocycles. The predicted molar refractivity (Wildman–Crippen MR) is 71.7 cm³/mol. The number of nitrogens with one attached hydrogen (secondary N) is 1. The average Bonchev–Trinajstić information content (AvgIpc) is 3.00. The number of hydrogen-bond acceptors (Lipinski definition) is 8. The lowest BCUT2D eigenvalue weighted by Crippen LogP contribution is -2.32. The van der Waals surface area contributed by atoms with Gasteiger partial charge >= 0.3 is 7.82 Å². The number of nitrogens with zero attached hydrogens (tertiary/aromatic N) is 3. The van der Waals surface area contributed by atoms with E-state index in [1.165, 1.54) is 6.33 Å². The minimum absolute atomic E-state index is 0.0332. The molecule has 4 atom stereocenters. The number of imidazole rings is 1. The van der Waals surface area contributed by atoms with Crippen LogP contribution in [0.25, 0.3) is 11.2 Å². The van der Waals surface area contributed by atoms with Crippen LogP contribution in [0.1, 0.15) is 12.6 Å². The van der Waals surface area contributed by atoms with Crippen LogP contribution in [0.3, 0.4) is 0 Å². The van der Waals surface area contributed by atoms with E-state index in [1.807, 2.05) is 0 Å². The van der Waals surface area contributed by atoms with Crippen LogP contribution in [-0.2, 0) is 18.3 Å². The molecule has 4 N–H and O–H groups in total. The highest BCUT2D eigenvalue weighted by molar-refractivity contribution is 7.47. The summed E-state index contributed by atoms with van der Waals surface area (Å²) in [5.41, 5.74) is 5.51. The first-order valence-corrected chi connectivity index (χ1v) is 7.96. The molecule has 22 heavy (non-hydrogen) atoms. The monoisotopic (exact) mass is 329 g/mol. The summed E-state index contributed by atoms with van der Waals surface area (Å²) in [6, 6.07) is 0. The molecule has 0 aromatic carbocycles. The molecule has 0 amide bonds. The maximum Gasteiger partial charge on any atom is 0.472 e. The summed E-state index contributed by atoms with van der Waals surface area (Å²) in [6.45, 7) is -0.0439. The van der Waals surface area contributed by atoms with Crippen molar-refractivity contribution < 1.29 is 23.2 Å². The van der Waals surface area contributed by atoms with Gasteiger partial charge < -0.3 is 15.4 Å². The van der Waals surface area contributed by atoms with E-state index in [4.69, 9.17) is 19.5 Å². The smallest absolute Gasteiger partial charge is 0.369 e. The Morgan fingerprint density at radius 1 is 1.50 bits per heavy atom. The van der Waals surface area contributed by atoms with Crippen LogP contribution in [0.15, 0.2) is 11.1 Å². The molecule has 2 unspecified atom stereocenters. The highest BCUT2D eigenvalue weighted by atomic mass is 31.2. The van der Waals surface area contributed by atoms with E-state index >= 15 is 0 Å². The van der Waals surface area contributed by atoms with Crippen molar-refractivity contribution in [3.05, 3.63) is 16.7 Å². The molecule has 0 bridgehead atoms. The third-order valence-electron chi connectivity index (χ3n) is 3.61. The van der Waals surface area contributed by atoms with E-state index in [1.54, 1.807) is 4.57 Å². The van der Waals surface area contributed by atoms with Gasteiger partial charge in [0.25, 0.3) is 5.56 Å². The Labute approximate surface area is 122 Å². The molecule has 2 fully saturated rings. The normalized spacial score (nSPS) is 34.9. The van der Waals surface area contributed by atoms with Crippen LogP contribution < -0.4 is 11.3 Å². The van der Waals surface area contributed by atoms with E-state index in [-0.39, 0.29) is 23.7 Å². The minimum Gasteiger partial charge on any atom is -0.369 e. The maximum absolute atomic E-state index is 11.8. The summed E-state index contributed by atoms with van der Waals surface area (Å²) in [6.07, 6.45) is 0.115. The number of phosphoric acid groups is 1. The summed E-state index contributed by atoms with van der Waals surface area (Å²) < 4.78 is 28.4. The van der Waals surface area contributed by atoms with Gasteiger partial charge in [-0.05, 0) is 0 Å². The van der Waals surface area contributed by atoms with Crippen LogP contribution in [0, 0.1) is 0 Å². The quantitative estimate of drug-likeness (QED) is 0.587. The molecule has 2 aliphatic rings. The van der Waals surface area contributed by atoms with Gasteiger partial charge in [0, 0.05) is 6.42 Å². The zero-order valence-corrected chi connectivity index (χ0v) is 12.0. The number of nitrogen functional groups attached to an aromatic ring is 1. The molecule has 2 aromatic heterocycles. The number of ether oxygens (including phenoxy) is 1. The van der Waals surface area contributed by atoms with Crippen molar-refractivity contribution in [3.63, 3.8) is 0 Å². The van der Waals surface area contributed by atoms with Crippen molar-refractivity contribution in [1.29, 1.82) is 0 Å². The Morgan fingerprint density at radius 3 is 3.14 bits per heavy atom. The van der Waals surface area contributed by atoms with E-state index in [2.05, 4.69) is 15.0 Å². The van der Waals surface area contributed by atoms with Gasteiger partial charge in [-0.15, -0.1) is 0 Å². The number of phosphoric ester groups is 1. The SMILES string of the molecule is Nc1nc2c(ncn2[C@H]2CC3OP(=O)(O)OC[C@H]3O2)c(=O)[nH]1. The molecule has 11 nitrogen and oxygen atoms in total. The van der Waals surface area contributed by atoms with Gasteiger partial charge in [-0.25, -0.2) is 9.55 Å². The largest absolute Gasteiger partial charge is 0.472 e. The van der Waals surface area contributed by atoms with Crippen LogP contribution in [0.5, 0.6) is 0 Å². The zero-order chi connectivity index (χ0) is 15.5. The predicted octanol–water partition coefficient (Wildman–Crippen LogP) is -0.495. The van der Waals surface area contributed by atoms with Crippen molar-refractivity contribution in [2.45, 2.75) is 24.9 Å². The second-order valence-corrected chi connectivity index (χ2v) is 6.45. The van der Waals surface area contributed by atoms with E-state index in [0.717, 1.165) is 0 Å². The molecule has 2 aliphatic heterocycles. The number of hydrogen-bond donors (Lipinski definition) is 3. The second-order valence-electron chi connectivity index (χ2n) is 5.05. The van der Waals surface area contributed by atoms with E-state index < -0.39 is 31.8 Å². The zero-order valence-electron chi connectivity index (χ0n) is 11.1. The van der Waals surface area contributed by atoms with Crippen LogP contribution >= 0.6 is 7.82 Å². The Kier molecular flexibility index (Phi) is 2.90. The Morgan fingerprint density at radius 2 is 2.32 bits per heavy atom. The molecule has 2 saturated heterocycles. The van der Waals surface area contributed by atoms with Crippen molar-refractivity contribution in [2.24, 2.45) is 0 Å². The number of aromatic amines is 1. The van der Waals surface area contributed by atoms with Gasteiger partial charge in [0.15, 0.2) is 11.2 Å². The lowest BCUT2D eigenvalue weighted by atomic mass is 10.2. The van der Waals surface area contributed by atoms with E-state index in [0.29, 0.717) is 6.42 Å². The summed E-state index contributed by atoms with van der Waals surface area (Å²) in [5, 5.41) is 0. The number of rotatable bonds is 1. The highest BCUT2D eigenvalue weighted by Gasteiger charge is 2.46. The lowest BCUT2D eigenvalue weighted by Gasteiger charge is -2.26. The molecule has 118 valence electrons. The van der Waals surface area contributed by atoms with Crippen molar-refractivity contribution in [1.82, 2.24) is 19.5 Å². The van der Waals surface area contributed by atoms with Gasteiger partial charge in [0.05, 0.1) is 12.9 Å². The van der Waals surface area contributed by atoms with E-state index in [9.17, 15) is 14.3 Å². The average molecular weight is 329 g/mol. The standard InChI is InChI=1S/C10H12N5O6P/c11-10-13-8-7(9(16)14-10)12-3-15(8)6-1-4-5(20-6)2-19-22(17,18)21-4/h3-6H,1-2H2,(H,17,18)(H3,11,13,14,16)/t4?,5-,6-/m1/s1. The molecule has 4 rings (SSSR count). The first kappa shape index (κ1) is 13.9. The summed E-state index contributed by atoms with van der Waals surface area (Å²) >= 11 is 0. The molecule has 0 saturated carbocycles. The van der Waals surface area contributed by atoms with Crippen molar-refractivity contribution in [2.75, 3.05) is 12.3 Å². The third-order valence-corrected chi connectivity index (χ3v) is 4.62. The first-order chi connectivity index (χ1) is 10.4. The van der Waals surface area contributed by atoms with Gasteiger partial charge in [-0.2, -0.15) is 4.98 Å². The minimum atomic E-state index is -4.02. The van der Waals surface area contributed by atoms with Gasteiger partial charge in [-0.3, -0.25) is 23.4 Å². The van der Waals surface area contributed by atoms with Gasteiger partial charge in [-0.1, -0.05) is 0 Å². The highest BCUT2D eigenvalue weighted by Crippen LogP contribution is 2.52. The number of H-pyrrole nitrogens is 1. The van der Waals surface area contributed by atoms with Gasteiger partial charge in [0.2, 0.25) is 5.95 Å².